The van der Waals surface area contributed by atoms with Crippen molar-refractivity contribution in [2.75, 3.05) is 6.61 Å². The molecule has 8 heteroatoms. The Kier molecular flexibility index (Phi) is 8.11. The molecule has 6 rings (SSSR count). The van der Waals surface area contributed by atoms with Crippen molar-refractivity contribution in [1.29, 1.82) is 0 Å². The van der Waals surface area contributed by atoms with Crippen LogP contribution in [-0.2, 0) is 16.1 Å². The molecular weight excluding hydrogens is 563 g/mol. The Morgan fingerprint density at radius 2 is 1.67 bits per heavy atom. The minimum Gasteiger partial charge on any atom is -0.489 e. The van der Waals surface area contributed by atoms with Crippen molar-refractivity contribution < 1.29 is 18.7 Å². The molecule has 0 radical (unpaired) electrons. The Hall–Kier alpha value is -5.08. The first kappa shape index (κ1) is 28.1. The van der Waals surface area contributed by atoms with Gasteiger partial charge in [-0.15, -0.1) is 0 Å². The smallest absolute Gasteiger partial charge is 0.338 e. The van der Waals surface area contributed by atoms with E-state index in [1.807, 2.05) is 84.9 Å². The van der Waals surface area contributed by atoms with Gasteiger partial charge >= 0.3 is 5.97 Å². The molecule has 0 saturated heterocycles. The number of nitrogens with zero attached hydrogens (tertiary/aromatic N) is 2. The molecule has 4 aromatic carbocycles. The largest absolute Gasteiger partial charge is 0.489 e. The normalized spacial score (nSPS) is 14.7. The van der Waals surface area contributed by atoms with Crippen molar-refractivity contribution in [3.8, 4) is 5.75 Å². The third kappa shape index (κ3) is 5.96. The van der Waals surface area contributed by atoms with Crippen LogP contribution in [-0.4, -0.2) is 17.1 Å². The molecule has 0 saturated carbocycles. The summed E-state index contributed by atoms with van der Waals surface area (Å²) in [5, 5.41) is 0. The molecule has 0 unspecified atom stereocenters. The van der Waals surface area contributed by atoms with Crippen LogP contribution >= 0.6 is 11.3 Å². The molecule has 0 bridgehead atoms. The molecule has 214 valence electrons. The summed E-state index contributed by atoms with van der Waals surface area (Å²) >= 11 is 1.23. The number of carbonyl (C=O) groups excluding carboxylic acids is 1. The fourth-order valence-corrected chi connectivity index (χ4v) is 5.99. The molecule has 6 nitrogen and oxygen atoms in total. The zero-order valence-electron chi connectivity index (χ0n) is 23.3. The minimum atomic E-state index is -0.867. The lowest BCUT2D eigenvalue weighted by molar-refractivity contribution is -0.138. The van der Waals surface area contributed by atoms with E-state index in [0.717, 1.165) is 11.1 Å². The molecule has 5 aromatic rings. The number of aromatic nitrogens is 1. The first-order valence-electron chi connectivity index (χ1n) is 13.8. The molecular formula is C35H27FN2O4S. The van der Waals surface area contributed by atoms with E-state index in [2.05, 4.69) is 0 Å². The second-order valence-electron chi connectivity index (χ2n) is 9.83. The number of ether oxygens (including phenoxy) is 2. The minimum absolute atomic E-state index is 0.146. The van der Waals surface area contributed by atoms with Crippen molar-refractivity contribution in [1.82, 2.24) is 4.57 Å². The van der Waals surface area contributed by atoms with Gasteiger partial charge in [-0.1, -0.05) is 96.3 Å². The van der Waals surface area contributed by atoms with Crippen molar-refractivity contribution >= 4 is 29.1 Å². The van der Waals surface area contributed by atoms with Crippen LogP contribution in [0.15, 0.2) is 125 Å². The zero-order valence-corrected chi connectivity index (χ0v) is 24.1. The summed E-state index contributed by atoms with van der Waals surface area (Å²) in [6.07, 6.45) is 1.79. The highest BCUT2D eigenvalue weighted by molar-refractivity contribution is 7.07. The summed E-state index contributed by atoms with van der Waals surface area (Å²) < 4.78 is 27.4. The van der Waals surface area contributed by atoms with Gasteiger partial charge in [-0.05, 0) is 54.0 Å². The van der Waals surface area contributed by atoms with Gasteiger partial charge in [-0.2, -0.15) is 0 Å². The third-order valence-electron chi connectivity index (χ3n) is 6.96. The summed E-state index contributed by atoms with van der Waals surface area (Å²) in [6.45, 7) is 2.29. The summed E-state index contributed by atoms with van der Waals surface area (Å²) in [5.41, 5.74) is 3.42. The standard InChI is InChI=1S/C35H27FN2O4S/c1-2-41-34(40)30-31(25-13-7-4-8-14-25)37-35-38(32(30)26-16-18-27(36)19-17-26)33(39)29(43-35)21-24-12-9-15-28(20-24)42-22-23-10-5-3-6-11-23/h3-21,32H,2,22H2,1H3/b29-21+/t32-/m1/s1. The average molecular weight is 591 g/mol. The van der Waals surface area contributed by atoms with E-state index in [-0.39, 0.29) is 17.7 Å². The van der Waals surface area contributed by atoms with Gasteiger partial charge in [0.05, 0.1) is 28.5 Å². The molecule has 0 N–H and O–H groups in total. The van der Waals surface area contributed by atoms with Crippen molar-refractivity contribution in [2.24, 2.45) is 4.99 Å². The maximum Gasteiger partial charge on any atom is 0.338 e. The fourth-order valence-electron chi connectivity index (χ4n) is 4.99. The monoisotopic (exact) mass is 590 g/mol. The first-order valence-corrected chi connectivity index (χ1v) is 14.6. The van der Waals surface area contributed by atoms with E-state index in [1.54, 1.807) is 25.1 Å². The quantitative estimate of drug-likeness (QED) is 0.219. The van der Waals surface area contributed by atoms with E-state index in [9.17, 15) is 14.0 Å². The molecule has 0 amide bonds. The molecule has 0 fully saturated rings. The van der Waals surface area contributed by atoms with Crippen molar-refractivity contribution in [2.45, 2.75) is 19.6 Å². The van der Waals surface area contributed by atoms with Gasteiger partial charge < -0.3 is 9.47 Å². The predicted octanol–water partition coefficient (Wildman–Crippen LogP) is 5.65. The predicted molar refractivity (Wildman–Crippen MR) is 165 cm³/mol. The van der Waals surface area contributed by atoms with Gasteiger partial charge in [0.15, 0.2) is 4.80 Å². The third-order valence-corrected chi connectivity index (χ3v) is 7.95. The number of thiazole rings is 1. The highest BCUT2D eigenvalue weighted by Crippen LogP contribution is 2.35. The van der Waals surface area contributed by atoms with Gasteiger partial charge in [0.1, 0.15) is 18.2 Å². The zero-order chi connectivity index (χ0) is 29.8. The number of hydrogen-bond donors (Lipinski definition) is 0. The summed E-state index contributed by atoms with van der Waals surface area (Å²) in [7, 11) is 0. The molecule has 1 aliphatic rings. The maximum atomic E-state index is 14.0. The summed E-state index contributed by atoms with van der Waals surface area (Å²) in [4.78, 5) is 32.8. The van der Waals surface area contributed by atoms with Crippen LogP contribution in [0.1, 0.15) is 35.2 Å². The van der Waals surface area contributed by atoms with E-state index < -0.39 is 17.8 Å². The average Bonchev–Trinajstić information content (AvgIpc) is 3.35. The second-order valence-corrected chi connectivity index (χ2v) is 10.8. The number of benzene rings is 4. The van der Waals surface area contributed by atoms with Crippen LogP contribution in [0.4, 0.5) is 4.39 Å². The van der Waals surface area contributed by atoms with Crippen LogP contribution in [0, 0.1) is 5.82 Å². The van der Waals surface area contributed by atoms with Crippen LogP contribution < -0.4 is 19.6 Å². The van der Waals surface area contributed by atoms with Gasteiger partial charge in [0.2, 0.25) is 0 Å². The van der Waals surface area contributed by atoms with Crippen LogP contribution in [0.3, 0.4) is 0 Å². The van der Waals surface area contributed by atoms with Crippen LogP contribution in [0.2, 0.25) is 0 Å². The van der Waals surface area contributed by atoms with Crippen molar-refractivity contribution in [3.05, 3.63) is 163 Å². The number of carbonyl (C=O) groups is 1. The van der Waals surface area contributed by atoms with Gasteiger partial charge in [-0.3, -0.25) is 9.36 Å². The van der Waals surface area contributed by atoms with Crippen molar-refractivity contribution in [3.63, 3.8) is 0 Å². The number of rotatable bonds is 8. The van der Waals surface area contributed by atoms with Crippen LogP contribution in [0.5, 0.6) is 5.75 Å². The Balaban J connectivity index is 1.49. The number of halogens is 1. The maximum absolute atomic E-state index is 14.0. The number of esters is 1. The van der Waals surface area contributed by atoms with Gasteiger partial charge in [0.25, 0.3) is 5.56 Å². The molecule has 43 heavy (non-hydrogen) atoms. The van der Waals surface area contributed by atoms with Crippen LogP contribution in [0.25, 0.3) is 11.8 Å². The topological polar surface area (TPSA) is 69.9 Å². The summed E-state index contributed by atoms with van der Waals surface area (Å²) in [5.74, 6) is -0.335. The lowest BCUT2D eigenvalue weighted by Gasteiger charge is -2.25. The number of fused-ring (bicyclic) bond motifs is 1. The molecule has 1 aliphatic heterocycles. The Morgan fingerprint density at radius 1 is 0.953 bits per heavy atom. The molecule has 0 aliphatic carbocycles. The Morgan fingerprint density at radius 3 is 2.40 bits per heavy atom. The van der Waals surface area contributed by atoms with Gasteiger partial charge in [-0.25, -0.2) is 14.2 Å². The molecule has 1 aromatic heterocycles. The SMILES string of the molecule is CCOC(=O)C1=C(c2ccccc2)N=c2s/c(=C/c3cccc(OCc4ccccc4)c3)c(=O)n2[C@@H]1c1ccc(F)cc1. The number of hydrogen-bond acceptors (Lipinski definition) is 6. The first-order chi connectivity index (χ1) is 21.0. The molecule has 2 heterocycles. The highest BCUT2D eigenvalue weighted by Gasteiger charge is 2.35. The van der Waals surface area contributed by atoms with E-state index in [1.165, 1.54) is 28.0 Å². The fraction of sp³-hybridized carbons (Fsp3) is 0.114. The molecule has 1 atom stereocenters. The Bertz CT molecular complexity index is 1980. The molecule has 0 spiro atoms. The Labute approximate surface area is 251 Å². The second kappa shape index (κ2) is 12.4. The van der Waals surface area contributed by atoms with Gasteiger partial charge in [0, 0.05) is 5.56 Å². The highest BCUT2D eigenvalue weighted by atomic mass is 32.1. The lowest BCUT2D eigenvalue weighted by Crippen LogP contribution is -2.40. The summed E-state index contributed by atoms with van der Waals surface area (Å²) in [6, 6.07) is 31.6. The van der Waals surface area contributed by atoms with E-state index in [0.29, 0.717) is 38.5 Å². The lowest BCUT2D eigenvalue weighted by atomic mass is 9.93. The van der Waals surface area contributed by atoms with E-state index in [4.69, 9.17) is 14.5 Å². The van der Waals surface area contributed by atoms with E-state index >= 15 is 0 Å².